The van der Waals surface area contributed by atoms with Crippen molar-refractivity contribution in [2.45, 2.75) is 13.8 Å². The summed E-state index contributed by atoms with van der Waals surface area (Å²) in [5, 5.41) is 0. The van der Waals surface area contributed by atoms with Crippen molar-refractivity contribution in [3.8, 4) is 5.75 Å². The minimum Gasteiger partial charge on any atom is -0.497 e. The minimum absolute atomic E-state index is 0.0500. The third-order valence-electron chi connectivity index (χ3n) is 3.22. The van der Waals surface area contributed by atoms with Crippen molar-refractivity contribution >= 4 is 11.9 Å². The number of rotatable bonds is 4. The highest BCUT2D eigenvalue weighted by Gasteiger charge is 2.11. The van der Waals surface area contributed by atoms with Gasteiger partial charge in [-0.15, -0.1) is 0 Å². The van der Waals surface area contributed by atoms with Crippen molar-refractivity contribution in [1.82, 2.24) is 0 Å². The Morgan fingerprint density at radius 2 is 1.80 bits per heavy atom. The van der Waals surface area contributed by atoms with Gasteiger partial charge in [0.1, 0.15) is 5.75 Å². The Bertz CT molecular complexity index is 640. The molecule has 0 aromatic heterocycles. The Balaban J connectivity index is 2.29. The van der Waals surface area contributed by atoms with Gasteiger partial charge < -0.3 is 4.74 Å². The topological polar surface area (TPSA) is 26.3 Å². The van der Waals surface area contributed by atoms with Gasteiger partial charge in [-0.3, -0.25) is 4.79 Å². The Hall–Kier alpha value is -2.35. The van der Waals surface area contributed by atoms with Gasteiger partial charge in [0, 0.05) is 5.56 Å². The molecular weight excluding hydrogens is 248 g/mol. The molecule has 2 aromatic carbocycles. The molecule has 2 aromatic rings. The van der Waals surface area contributed by atoms with E-state index in [1.165, 1.54) is 0 Å². The molecule has 0 amide bonds. The highest BCUT2D eigenvalue weighted by atomic mass is 16.5. The van der Waals surface area contributed by atoms with E-state index in [1.54, 1.807) is 7.11 Å². The molecule has 0 saturated carbocycles. The van der Waals surface area contributed by atoms with Gasteiger partial charge in [-0.2, -0.15) is 0 Å². The molecule has 2 nitrogen and oxygen atoms in total. The maximum atomic E-state index is 12.5. The van der Waals surface area contributed by atoms with Gasteiger partial charge in [0.2, 0.25) is 0 Å². The van der Waals surface area contributed by atoms with E-state index >= 15 is 0 Å². The third kappa shape index (κ3) is 3.15. The first-order valence-corrected chi connectivity index (χ1v) is 6.54. The van der Waals surface area contributed by atoms with Crippen LogP contribution in [-0.4, -0.2) is 12.9 Å². The van der Waals surface area contributed by atoms with E-state index in [0.717, 1.165) is 28.0 Å². The van der Waals surface area contributed by atoms with Gasteiger partial charge in [0.15, 0.2) is 5.78 Å². The monoisotopic (exact) mass is 266 g/mol. The van der Waals surface area contributed by atoms with E-state index in [-0.39, 0.29) is 5.78 Å². The number of Topliss-reactive ketones (excluding diaryl/α,β-unsaturated/α-hetero) is 1. The molecule has 20 heavy (non-hydrogen) atoms. The largest absolute Gasteiger partial charge is 0.497 e. The Morgan fingerprint density at radius 3 is 2.40 bits per heavy atom. The average Bonchev–Trinajstić information content (AvgIpc) is 2.47. The van der Waals surface area contributed by atoms with Crippen LogP contribution in [0.2, 0.25) is 0 Å². The number of allylic oxidation sites excluding steroid dienone is 1. The summed E-state index contributed by atoms with van der Waals surface area (Å²) >= 11 is 0. The van der Waals surface area contributed by atoms with Crippen molar-refractivity contribution < 1.29 is 9.53 Å². The van der Waals surface area contributed by atoms with E-state index in [2.05, 4.69) is 0 Å². The molecule has 2 rings (SSSR count). The van der Waals surface area contributed by atoms with Crippen molar-refractivity contribution in [2.24, 2.45) is 0 Å². The molecule has 0 atom stereocenters. The van der Waals surface area contributed by atoms with E-state index in [4.69, 9.17) is 4.74 Å². The lowest BCUT2D eigenvalue weighted by atomic mass is 9.98. The Labute approximate surface area is 119 Å². The summed E-state index contributed by atoms with van der Waals surface area (Å²) in [6, 6.07) is 15.4. The number of hydrogen-bond donors (Lipinski definition) is 0. The minimum atomic E-state index is 0.0500. The molecule has 0 fully saturated rings. The van der Waals surface area contributed by atoms with Crippen LogP contribution in [0, 0.1) is 6.92 Å². The zero-order valence-electron chi connectivity index (χ0n) is 12.0. The second kappa shape index (κ2) is 6.20. The molecule has 0 aliphatic carbocycles. The predicted octanol–water partition coefficient (Wildman–Crippen LogP) is 4.29. The number of hydrogen-bond acceptors (Lipinski definition) is 2. The summed E-state index contributed by atoms with van der Waals surface area (Å²) in [4.78, 5) is 12.5. The lowest BCUT2D eigenvalue weighted by molar-refractivity contribution is 0.103. The quantitative estimate of drug-likeness (QED) is 0.609. The number of ketones is 1. The molecule has 0 heterocycles. The number of benzene rings is 2. The van der Waals surface area contributed by atoms with Gasteiger partial charge in [-0.25, -0.2) is 0 Å². The van der Waals surface area contributed by atoms with Crippen LogP contribution in [0.3, 0.4) is 0 Å². The predicted molar refractivity (Wildman–Crippen MR) is 82.2 cm³/mol. The van der Waals surface area contributed by atoms with Crippen molar-refractivity contribution in [3.05, 3.63) is 70.8 Å². The lowest BCUT2D eigenvalue weighted by Gasteiger charge is -2.07. The summed E-state index contributed by atoms with van der Waals surface area (Å²) in [5.74, 6) is 0.817. The third-order valence-corrected chi connectivity index (χ3v) is 3.22. The van der Waals surface area contributed by atoms with Crippen LogP contribution in [0.25, 0.3) is 6.08 Å². The fourth-order valence-corrected chi connectivity index (χ4v) is 2.10. The van der Waals surface area contributed by atoms with Crippen LogP contribution in [-0.2, 0) is 0 Å². The molecule has 0 aliphatic rings. The molecule has 0 radical (unpaired) electrons. The van der Waals surface area contributed by atoms with Gasteiger partial charge in [-0.1, -0.05) is 30.3 Å². The molecule has 0 spiro atoms. The number of carbonyl (C=O) groups excluding carboxylic acids is 1. The van der Waals surface area contributed by atoms with Gasteiger partial charge in [0.05, 0.1) is 7.11 Å². The first-order chi connectivity index (χ1) is 9.61. The summed E-state index contributed by atoms with van der Waals surface area (Å²) in [6.07, 6.45) is 1.91. The highest BCUT2D eigenvalue weighted by molar-refractivity contribution is 6.11. The first-order valence-electron chi connectivity index (χ1n) is 6.54. The van der Waals surface area contributed by atoms with Crippen molar-refractivity contribution in [1.29, 1.82) is 0 Å². The van der Waals surface area contributed by atoms with Crippen LogP contribution in [0.1, 0.15) is 28.4 Å². The maximum absolute atomic E-state index is 12.5. The fraction of sp³-hybridized carbons (Fsp3) is 0.167. The van der Waals surface area contributed by atoms with E-state index in [9.17, 15) is 4.79 Å². The number of methoxy groups -OCH3 is 1. The smallest absolute Gasteiger partial charge is 0.189 e. The molecule has 102 valence electrons. The van der Waals surface area contributed by atoms with Crippen LogP contribution in [0.15, 0.2) is 54.1 Å². The number of carbonyl (C=O) groups is 1. The molecule has 0 N–H and O–H groups in total. The Morgan fingerprint density at radius 1 is 1.10 bits per heavy atom. The lowest BCUT2D eigenvalue weighted by Crippen LogP contribution is -2.03. The molecule has 0 unspecified atom stereocenters. The summed E-state index contributed by atoms with van der Waals surface area (Å²) in [6.45, 7) is 3.77. The summed E-state index contributed by atoms with van der Waals surface area (Å²) < 4.78 is 5.16. The Kier molecular flexibility index (Phi) is 4.36. The van der Waals surface area contributed by atoms with E-state index in [0.29, 0.717) is 0 Å². The SMILES string of the molecule is COc1ccc(C(=O)/C(C)=C/c2ccccc2)c(C)c1. The van der Waals surface area contributed by atoms with E-state index < -0.39 is 0 Å². The zero-order valence-corrected chi connectivity index (χ0v) is 12.0. The summed E-state index contributed by atoms with van der Waals surface area (Å²) in [7, 11) is 1.62. The van der Waals surface area contributed by atoms with Crippen LogP contribution in [0.5, 0.6) is 5.75 Å². The van der Waals surface area contributed by atoms with Crippen molar-refractivity contribution in [3.63, 3.8) is 0 Å². The summed E-state index contributed by atoms with van der Waals surface area (Å²) in [5.41, 5.74) is 3.40. The van der Waals surface area contributed by atoms with Gasteiger partial charge in [0.25, 0.3) is 0 Å². The fourth-order valence-electron chi connectivity index (χ4n) is 2.10. The molecule has 2 heteroatoms. The van der Waals surface area contributed by atoms with Gasteiger partial charge in [-0.05, 0) is 54.8 Å². The molecule has 0 saturated heterocycles. The maximum Gasteiger partial charge on any atom is 0.189 e. The number of aryl methyl sites for hydroxylation is 1. The normalized spacial score (nSPS) is 11.2. The highest BCUT2D eigenvalue weighted by Crippen LogP contribution is 2.20. The molecular formula is C18H18O2. The standard InChI is InChI=1S/C18H18O2/c1-13-12-16(20-3)9-10-17(13)18(19)14(2)11-15-7-5-4-6-8-15/h4-12H,1-3H3/b14-11+. The molecule has 0 bridgehead atoms. The zero-order chi connectivity index (χ0) is 14.5. The second-order valence-electron chi connectivity index (χ2n) is 4.75. The second-order valence-corrected chi connectivity index (χ2v) is 4.75. The average molecular weight is 266 g/mol. The molecule has 0 aliphatic heterocycles. The van der Waals surface area contributed by atoms with Crippen LogP contribution < -0.4 is 4.74 Å². The van der Waals surface area contributed by atoms with Crippen LogP contribution in [0.4, 0.5) is 0 Å². The first kappa shape index (κ1) is 14.1. The number of ether oxygens (including phenoxy) is 1. The van der Waals surface area contributed by atoms with Gasteiger partial charge >= 0.3 is 0 Å². The van der Waals surface area contributed by atoms with Crippen LogP contribution >= 0.6 is 0 Å². The van der Waals surface area contributed by atoms with E-state index in [1.807, 2.05) is 68.5 Å². The van der Waals surface area contributed by atoms with Crippen molar-refractivity contribution in [2.75, 3.05) is 7.11 Å².